The fourth-order valence-corrected chi connectivity index (χ4v) is 1.79. The average Bonchev–Trinajstić information content (AvgIpc) is 2.29. The molecule has 0 saturated heterocycles. The van der Waals surface area contributed by atoms with Crippen molar-refractivity contribution in [1.82, 2.24) is 4.98 Å². The lowest BCUT2D eigenvalue weighted by atomic mass is 10.1. The van der Waals surface area contributed by atoms with Crippen molar-refractivity contribution in [3.8, 4) is 0 Å². The number of hydrogen-bond donors (Lipinski definition) is 0. The Kier molecular flexibility index (Phi) is 3.36. The molecule has 1 aromatic heterocycles. The number of aromatic nitrogens is 1. The third-order valence-corrected chi connectivity index (χ3v) is 2.76. The van der Waals surface area contributed by atoms with Crippen LogP contribution in [0.2, 0.25) is 5.02 Å². The van der Waals surface area contributed by atoms with Crippen LogP contribution in [0.15, 0.2) is 47.2 Å². The number of ketones is 1. The van der Waals surface area contributed by atoms with Gasteiger partial charge in [0.15, 0.2) is 5.78 Å². The number of hydrogen-bond acceptors (Lipinski definition) is 2. The largest absolute Gasteiger partial charge is 0.289 e. The number of rotatable bonds is 2. The Morgan fingerprint density at radius 2 is 1.81 bits per heavy atom. The fourth-order valence-electron chi connectivity index (χ4n) is 1.30. The SMILES string of the molecule is O=C(c1ccc(Cl)cc1)c1cncc(Br)c1. The number of pyridine rings is 1. The van der Waals surface area contributed by atoms with Gasteiger partial charge in [0.2, 0.25) is 0 Å². The Hall–Kier alpha value is -1.19. The monoisotopic (exact) mass is 295 g/mol. The summed E-state index contributed by atoms with van der Waals surface area (Å²) in [4.78, 5) is 16.0. The third kappa shape index (κ3) is 2.49. The summed E-state index contributed by atoms with van der Waals surface area (Å²) < 4.78 is 0.785. The van der Waals surface area contributed by atoms with Crippen LogP contribution < -0.4 is 0 Å². The number of carbonyl (C=O) groups is 1. The molecule has 4 heteroatoms. The van der Waals surface area contributed by atoms with E-state index >= 15 is 0 Å². The lowest BCUT2D eigenvalue weighted by Crippen LogP contribution is -2.01. The molecular formula is C12H7BrClNO. The predicted octanol–water partition coefficient (Wildman–Crippen LogP) is 3.73. The van der Waals surface area contributed by atoms with Crippen molar-refractivity contribution in [3.05, 3.63) is 63.3 Å². The maximum atomic E-state index is 12.0. The Balaban J connectivity index is 2.35. The quantitative estimate of drug-likeness (QED) is 0.790. The molecule has 0 N–H and O–H groups in total. The second-order valence-corrected chi connectivity index (χ2v) is 4.58. The molecule has 0 unspecified atom stereocenters. The first-order valence-electron chi connectivity index (χ1n) is 4.57. The molecule has 2 aromatic rings. The average molecular weight is 297 g/mol. The molecule has 2 nitrogen and oxygen atoms in total. The summed E-state index contributed by atoms with van der Waals surface area (Å²) in [5.74, 6) is -0.0644. The van der Waals surface area contributed by atoms with E-state index in [1.54, 1.807) is 42.7 Å². The first-order valence-corrected chi connectivity index (χ1v) is 5.75. The molecule has 0 saturated carbocycles. The van der Waals surface area contributed by atoms with Gasteiger partial charge in [-0.3, -0.25) is 9.78 Å². The first kappa shape index (κ1) is 11.3. The number of carbonyl (C=O) groups excluding carboxylic acids is 1. The van der Waals surface area contributed by atoms with E-state index in [1.165, 1.54) is 0 Å². The van der Waals surface area contributed by atoms with Gasteiger partial charge >= 0.3 is 0 Å². The van der Waals surface area contributed by atoms with Crippen LogP contribution in [0.4, 0.5) is 0 Å². The van der Waals surface area contributed by atoms with E-state index in [0.29, 0.717) is 16.1 Å². The smallest absolute Gasteiger partial charge is 0.194 e. The van der Waals surface area contributed by atoms with E-state index in [1.807, 2.05) is 0 Å². The minimum Gasteiger partial charge on any atom is -0.289 e. The second kappa shape index (κ2) is 4.76. The highest BCUT2D eigenvalue weighted by atomic mass is 79.9. The Morgan fingerprint density at radius 1 is 1.12 bits per heavy atom. The van der Waals surface area contributed by atoms with Gasteiger partial charge in [0, 0.05) is 33.0 Å². The van der Waals surface area contributed by atoms with Crippen molar-refractivity contribution in [3.63, 3.8) is 0 Å². The van der Waals surface area contributed by atoms with E-state index in [9.17, 15) is 4.79 Å². The summed E-state index contributed by atoms with van der Waals surface area (Å²) in [5, 5.41) is 0.615. The molecule has 0 bridgehead atoms. The topological polar surface area (TPSA) is 30.0 Å². The number of nitrogens with zero attached hydrogens (tertiary/aromatic N) is 1. The zero-order chi connectivity index (χ0) is 11.5. The van der Waals surface area contributed by atoms with Gasteiger partial charge in [0.1, 0.15) is 0 Å². The van der Waals surface area contributed by atoms with Crippen molar-refractivity contribution in [2.24, 2.45) is 0 Å². The van der Waals surface area contributed by atoms with Gasteiger partial charge in [-0.25, -0.2) is 0 Å². The second-order valence-electron chi connectivity index (χ2n) is 3.23. The summed E-state index contributed by atoms with van der Waals surface area (Å²) in [5.41, 5.74) is 1.15. The van der Waals surface area contributed by atoms with Crippen molar-refractivity contribution >= 4 is 33.3 Å². The molecule has 0 aliphatic heterocycles. The van der Waals surface area contributed by atoms with Crippen molar-refractivity contribution in [1.29, 1.82) is 0 Å². The van der Waals surface area contributed by atoms with Gasteiger partial charge in [0.25, 0.3) is 0 Å². The molecule has 1 aromatic carbocycles. The molecule has 0 amide bonds. The van der Waals surface area contributed by atoms with E-state index in [4.69, 9.17) is 11.6 Å². The van der Waals surface area contributed by atoms with E-state index in [2.05, 4.69) is 20.9 Å². The summed E-state index contributed by atoms with van der Waals surface area (Å²) >= 11 is 9.04. The van der Waals surface area contributed by atoms with Crippen LogP contribution in [0, 0.1) is 0 Å². The van der Waals surface area contributed by atoms with Crippen LogP contribution in [0.5, 0.6) is 0 Å². The standard InChI is InChI=1S/C12H7BrClNO/c13-10-5-9(6-15-7-10)12(16)8-1-3-11(14)4-2-8/h1-7H. The molecule has 16 heavy (non-hydrogen) atoms. The van der Waals surface area contributed by atoms with Crippen LogP contribution in [0.25, 0.3) is 0 Å². The lowest BCUT2D eigenvalue weighted by Gasteiger charge is -2.01. The molecule has 0 fully saturated rings. The molecule has 1 heterocycles. The summed E-state index contributed by atoms with van der Waals surface area (Å²) in [7, 11) is 0. The van der Waals surface area contributed by atoms with E-state index in [0.717, 1.165) is 4.47 Å². The predicted molar refractivity (Wildman–Crippen MR) is 66.8 cm³/mol. The Morgan fingerprint density at radius 3 is 2.44 bits per heavy atom. The zero-order valence-electron chi connectivity index (χ0n) is 8.15. The maximum Gasteiger partial charge on any atom is 0.194 e. The van der Waals surface area contributed by atoms with Gasteiger partial charge < -0.3 is 0 Å². The molecule has 0 radical (unpaired) electrons. The lowest BCUT2D eigenvalue weighted by molar-refractivity contribution is 0.103. The Labute approximate surface area is 106 Å². The van der Waals surface area contributed by atoms with Crippen LogP contribution in [0.1, 0.15) is 15.9 Å². The van der Waals surface area contributed by atoms with Crippen LogP contribution in [0.3, 0.4) is 0 Å². The van der Waals surface area contributed by atoms with E-state index in [-0.39, 0.29) is 5.78 Å². The molecule has 0 aliphatic carbocycles. The molecule has 2 rings (SSSR count). The van der Waals surface area contributed by atoms with E-state index < -0.39 is 0 Å². The van der Waals surface area contributed by atoms with Gasteiger partial charge in [-0.1, -0.05) is 11.6 Å². The van der Waals surface area contributed by atoms with Crippen LogP contribution in [-0.2, 0) is 0 Å². The maximum absolute atomic E-state index is 12.0. The number of halogens is 2. The van der Waals surface area contributed by atoms with Crippen molar-refractivity contribution in [2.45, 2.75) is 0 Å². The highest BCUT2D eigenvalue weighted by molar-refractivity contribution is 9.10. The molecule has 0 aliphatic rings. The Bertz CT molecular complexity index is 525. The molecule has 80 valence electrons. The first-order chi connectivity index (χ1) is 7.66. The molecule has 0 atom stereocenters. The minimum absolute atomic E-state index is 0.0644. The normalized spacial score (nSPS) is 10.1. The van der Waals surface area contributed by atoms with Gasteiger partial charge in [0.05, 0.1) is 0 Å². The number of benzene rings is 1. The molecular weight excluding hydrogens is 289 g/mol. The van der Waals surface area contributed by atoms with Crippen molar-refractivity contribution in [2.75, 3.05) is 0 Å². The highest BCUT2D eigenvalue weighted by Crippen LogP contribution is 2.16. The summed E-state index contributed by atoms with van der Waals surface area (Å²) in [6.45, 7) is 0. The van der Waals surface area contributed by atoms with Crippen LogP contribution >= 0.6 is 27.5 Å². The summed E-state index contributed by atoms with van der Waals surface area (Å²) in [6.07, 6.45) is 3.18. The van der Waals surface area contributed by atoms with Gasteiger partial charge in [-0.05, 0) is 46.3 Å². The molecule has 0 spiro atoms. The van der Waals surface area contributed by atoms with Gasteiger partial charge in [-0.2, -0.15) is 0 Å². The summed E-state index contributed by atoms with van der Waals surface area (Å²) in [6, 6.07) is 8.53. The zero-order valence-corrected chi connectivity index (χ0v) is 10.5. The fraction of sp³-hybridized carbons (Fsp3) is 0. The minimum atomic E-state index is -0.0644. The van der Waals surface area contributed by atoms with Gasteiger partial charge in [-0.15, -0.1) is 0 Å². The van der Waals surface area contributed by atoms with Crippen LogP contribution in [-0.4, -0.2) is 10.8 Å². The van der Waals surface area contributed by atoms with Crippen molar-refractivity contribution < 1.29 is 4.79 Å². The highest BCUT2D eigenvalue weighted by Gasteiger charge is 2.09. The third-order valence-electron chi connectivity index (χ3n) is 2.07.